The quantitative estimate of drug-likeness (QED) is 0.834. The molecule has 0 aromatic carbocycles. The minimum absolute atomic E-state index is 0.0675. The number of alkyl halides is 3. The fourth-order valence-corrected chi connectivity index (χ4v) is 3.25. The van der Waals surface area contributed by atoms with Crippen molar-refractivity contribution in [1.29, 1.82) is 0 Å². The lowest BCUT2D eigenvalue weighted by atomic mass is 9.85. The Morgan fingerprint density at radius 1 is 1.26 bits per heavy atom. The molecule has 27 heavy (non-hydrogen) atoms. The summed E-state index contributed by atoms with van der Waals surface area (Å²) < 4.78 is 31.7. The molecule has 1 unspecified atom stereocenters. The van der Waals surface area contributed by atoms with Crippen molar-refractivity contribution in [1.82, 2.24) is 14.8 Å². The first-order valence-electron chi connectivity index (χ1n) is 8.30. The number of likely N-dealkylation sites (tertiary alicyclic amines) is 2. The Bertz CT molecular complexity index is 711. The first-order valence-corrected chi connectivity index (χ1v) is 8.30. The van der Waals surface area contributed by atoms with Gasteiger partial charge in [0.1, 0.15) is 0 Å². The summed E-state index contributed by atoms with van der Waals surface area (Å²) in [5.41, 5.74) is 0.583. The van der Waals surface area contributed by atoms with E-state index in [9.17, 15) is 22.8 Å². The van der Waals surface area contributed by atoms with Crippen molar-refractivity contribution in [3.05, 3.63) is 30.1 Å². The Labute approximate surface area is 153 Å². The molecule has 7 nitrogen and oxygen atoms in total. The highest BCUT2D eigenvalue weighted by atomic mass is 19.4. The van der Waals surface area contributed by atoms with Crippen molar-refractivity contribution in [2.45, 2.75) is 32.5 Å². The van der Waals surface area contributed by atoms with Crippen LogP contribution in [0.25, 0.3) is 0 Å². The third-order valence-corrected chi connectivity index (χ3v) is 4.72. The zero-order valence-corrected chi connectivity index (χ0v) is 14.7. The van der Waals surface area contributed by atoms with E-state index in [0.29, 0.717) is 19.6 Å². The summed E-state index contributed by atoms with van der Waals surface area (Å²) in [6.45, 7) is 4.20. The number of aromatic nitrogens is 1. The highest BCUT2D eigenvalue weighted by Crippen LogP contribution is 2.41. The summed E-state index contributed by atoms with van der Waals surface area (Å²) in [6.07, 6.45) is -1.69. The van der Waals surface area contributed by atoms with Crippen molar-refractivity contribution in [2.24, 2.45) is 5.41 Å². The van der Waals surface area contributed by atoms with E-state index in [1.54, 1.807) is 18.0 Å². The number of rotatable bonds is 2. The minimum Gasteiger partial charge on any atom is -0.475 e. The molecule has 2 aliphatic rings. The molecule has 10 heteroatoms. The van der Waals surface area contributed by atoms with Gasteiger partial charge in [0, 0.05) is 32.8 Å². The summed E-state index contributed by atoms with van der Waals surface area (Å²) in [4.78, 5) is 41.0. The number of hydrogen-bond donors (Lipinski definition) is 1. The molecular formula is C17H20F3N3O4. The number of carboxylic acids is 1. The second-order valence-corrected chi connectivity index (χ2v) is 6.57. The van der Waals surface area contributed by atoms with Gasteiger partial charge in [-0.3, -0.25) is 14.6 Å². The fraction of sp³-hybridized carbons (Fsp3) is 0.529. The number of carboxylic acid groups (broad SMARTS) is 1. The fourth-order valence-electron chi connectivity index (χ4n) is 3.25. The first kappa shape index (κ1) is 20.7. The van der Waals surface area contributed by atoms with Crippen molar-refractivity contribution in [3.8, 4) is 0 Å². The molecule has 3 heterocycles. The van der Waals surface area contributed by atoms with E-state index in [-0.39, 0.29) is 17.2 Å². The topological polar surface area (TPSA) is 90.8 Å². The second kappa shape index (κ2) is 7.93. The average Bonchev–Trinajstić information content (AvgIpc) is 3.16. The minimum atomic E-state index is -5.08. The second-order valence-electron chi connectivity index (χ2n) is 6.57. The van der Waals surface area contributed by atoms with Crippen molar-refractivity contribution in [3.63, 3.8) is 0 Å². The van der Waals surface area contributed by atoms with E-state index < -0.39 is 12.1 Å². The number of carbonyl (C=O) groups excluding carboxylic acids is 2. The summed E-state index contributed by atoms with van der Waals surface area (Å²) in [6, 6.07) is 5.75. The Balaban J connectivity index is 0.000000321. The van der Waals surface area contributed by atoms with E-state index in [1.807, 2.05) is 23.1 Å². The lowest BCUT2D eigenvalue weighted by Crippen LogP contribution is -2.37. The normalized spacial score (nSPS) is 22.0. The molecule has 0 saturated carbocycles. The molecule has 2 saturated heterocycles. The van der Waals surface area contributed by atoms with E-state index in [0.717, 1.165) is 25.1 Å². The Morgan fingerprint density at radius 2 is 1.89 bits per heavy atom. The summed E-state index contributed by atoms with van der Waals surface area (Å²) in [5.74, 6) is -2.50. The van der Waals surface area contributed by atoms with Crippen LogP contribution < -0.4 is 0 Å². The molecule has 1 atom stereocenters. The van der Waals surface area contributed by atoms with Crippen molar-refractivity contribution < 1.29 is 32.7 Å². The third-order valence-electron chi connectivity index (χ3n) is 4.72. The Kier molecular flexibility index (Phi) is 6.07. The van der Waals surface area contributed by atoms with Gasteiger partial charge in [0.15, 0.2) is 0 Å². The average molecular weight is 387 g/mol. The van der Waals surface area contributed by atoms with Crippen LogP contribution in [0, 0.1) is 5.41 Å². The van der Waals surface area contributed by atoms with E-state index in [2.05, 4.69) is 4.98 Å². The zero-order chi connectivity index (χ0) is 20.2. The standard InChI is InChI=1S/C15H19N3O2.C2HF3O2/c1-12(19)18-9-6-15(11-18)5-8-17(14(15)20)10-13-4-2-3-7-16-13;3-2(4,5)1(6)7/h2-4,7H,5-6,8-11H2,1H3;(H,6,7). The van der Waals surface area contributed by atoms with Crippen LogP contribution in [0.3, 0.4) is 0 Å². The van der Waals surface area contributed by atoms with Gasteiger partial charge in [0.25, 0.3) is 0 Å². The van der Waals surface area contributed by atoms with Crippen LogP contribution in [0.4, 0.5) is 13.2 Å². The van der Waals surface area contributed by atoms with Gasteiger partial charge in [-0.2, -0.15) is 13.2 Å². The molecule has 148 valence electrons. The third kappa shape index (κ3) is 4.95. The summed E-state index contributed by atoms with van der Waals surface area (Å²) in [7, 11) is 0. The molecule has 0 radical (unpaired) electrons. The lowest BCUT2D eigenvalue weighted by molar-refractivity contribution is -0.192. The van der Waals surface area contributed by atoms with Crippen LogP contribution in [0.15, 0.2) is 24.4 Å². The lowest BCUT2D eigenvalue weighted by Gasteiger charge is -2.23. The highest BCUT2D eigenvalue weighted by Gasteiger charge is 2.51. The van der Waals surface area contributed by atoms with Crippen LogP contribution in [0.5, 0.6) is 0 Å². The molecule has 0 aliphatic carbocycles. The van der Waals surface area contributed by atoms with Crippen LogP contribution in [0.2, 0.25) is 0 Å². The predicted octanol–water partition coefficient (Wildman–Crippen LogP) is 1.69. The van der Waals surface area contributed by atoms with Gasteiger partial charge in [-0.15, -0.1) is 0 Å². The maximum absolute atomic E-state index is 12.7. The number of hydrogen-bond acceptors (Lipinski definition) is 4. The molecule has 2 aliphatic heterocycles. The zero-order valence-electron chi connectivity index (χ0n) is 14.7. The SMILES string of the molecule is CC(=O)N1CCC2(CCN(Cc3ccccn3)C2=O)C1.O=C(O)C(F)(F)F. The van der Waals surface area contributed by atoms with Gasteiger partial charge in [-0.05, 0) is 25.0 Å². The van der Waals surface area contributed by atoms with Gasteiger partial charge >= 0.3 is 12.1 Å². The maximum atomic E-state index is 12.7. The van der Waals surface area contributed by atoms with Gasteiger partial charge < -0.3 is 14.9 Å². The summed E-state index contributed by atoms with van der Waals surface area (Å²) >= 11 is 0. The van der Waals surface area contributed by atoms with Gasteiger partial charge in [-0.25, -0.2) is 4.79 Å². The maximum Gasteiger partial charge on any atom is 0.490 e. The molecule has 1 aromatic rings. The van der Waals surface area contributed by atoms with Gasteiger partial charge in [0.2, 0.25) is 11.8 Å². The monoisotopic (exact) mass is 387 g/mol. The molecule has 0 bridgehead atoms. The largest absolute Gasteiger partial charge is 0.490 e. The first-order chi connectivity index (χ1) is 12.5. The van der Waals surface area contributed by atoms with Crippen LogP contribution >= 0.6 is 0 Å². The molecule has 2 fully saturated rings. The Morgan fingerprint density at radius 3 is 2.37 bits per heavy atom. The van der Waals surface area contributed by atoms with E-state index in [1.165, 1.54) is 0 Å². The number of nitrogens with zero attached hydrogens (tertiary/aromatic N) is 3. The number of aliphatic carboxylic acids is 1. The van der Waals surface area contributed by atoms with E-state index in [4.69, 9.17) is 9.90 Å². The molecule has 3 rings (SSSR count). The van der Waals surface area contributed by atoms with Gasteiger partial charge in [-0.1, -0.05) is 6.07 Å². The van der Waals surface area contributed by atoms with Gasteiger partial charge in [0.05, 0.1) is 17.7 Å². The molecule has 1 spiro atoms. The van der Waals surface area contributed by atoms with Crippen molar-refractivity contribution in [2.75, 3.05) is 19.6 Å². The molecule has 2 amide bonds. The van der Waals surface area contributed by atoms with Crippen LogP contribution in [0.1, 0.15) is 25.5 Å². The van der Waals surface area contributed by atoms with Crippen molar-refractivity contribution >= 4 is 17.8 Å². The van der Waals surface area contributed by atoms with E-state index >= 15 is 0 Å². The Hall–Kier alpha value is -2.65. The predicted molar refractivity (Wildman–Crippen MR) is 87.3 cm³/mol. The van der Waals surface area contributed by atoms with Crippen LogP contribution in [-0.2, 0) is 20.9 Å². The number of halogens is 3. The smallest absolute Gasteiger partial charge is 0.475 e. The number of amides is 2. The summed E-state index contributed by atoms with van der Waals surface area (Å²) in [5, 5.41) is 7.12. The van der Waals surface area contributed by atoms with Crippen LogP contribution in [-0.4, -0.2) is 63.5 Å². The highest BCUT2D eigenvalue weighted by molar-refractivity contribution is 5.86. The number of carbonyl (C=O) groups is 3. The molecule has 1 N–H and O–H groups in total. The number of pyridine rings is 1. The molecular weight excluding hydrogens is 367 g/mol. The molecule has 1 aromatic heterocycles.